The minimum absolute atomic E-state index is 0.297. The molecule has 0 unspecified atom stereocenters. The molecule has 2 heterocycles. The first kappa shape index (κ1) is 15.9. The minimum atomic E-state index is -0.910. The number of pyridine rings is 1. The van der Waals surface area contributed by atoms with E-state index in [4.69, 9.17) is 5.11 Å². The Morgan fingerprint density at radius 1 is 1.04 bits per heavy atom. The van der Waals surface area contributed by atoms with Crippen molar-refractivity contribution < 1.29 is 9.90 Å². The Morgan fingerprint density at radius 3 is 2.50 bits per heavy atom. The molecule has 0 aliphatic carbocycles. The molecule has 24 heavy (non-hydrogen) atoms. The molecule has 2 aromatic heterocycles. The number of nitrogens with zero attached hydrogens (tertiary/aromatic N) is 3. The molecule has 1 aromatic carbocycles. The van der Waals surface area contributed by atoms with Crippen LogP contribution in [-0.4, -0.2) is 25.6 Å². The number of aromatic carboxylic acids is 1. The minimum Gasteiger partial charge on any atom is -0.478 e. The number of nitrogens with one attached hydrogen (secondary N) is 1. The van der Waals surface area contributed by atoms with Crippen LogP contribution in [0.1, 0.15) is 27.2 Å². The van der Waals surface area contributed by atoms with Crippen molar-refractivity contribution in [3.05, 3.63) is 83.7 Å². The number of rotatable bonds is 7. The van der Waals surface area contributed by atoms with E-state index >= 15 is 0 Å². The molecule has 0 bridgehead atoms. The summed E-state index contributed by atoms with van der Waals surface area (Å²) in [6.07, 6.45) is 7.34. The molecule has 6 nitrogen and oxygen atoms in total. The van der Waals surface area contributed by atoms with E-state index in [-0.39, 0.29) is 0 Å². The summed E-state index contributed by atoms with van der Waals surface area (Å²) in [6.45, 7) is 2.12. The van der Waals surface area contributed by atoms with Gasteiger partial charge in [-0.1, -0.05) is 12.1 Å². The number of hydrogen-bond donors (Lipinski definition) is 2. The van der Waals surface area contributed by atoms with Crippen LogP contribution in [0.15, 0.2) is 61.3 Å². The second-order valence-electron chi connectivity index (χ2n) is 5.50. The van der Waals surface area contributed by atoms with Crippen molar-refractivity contribution >= 4 is 5.97 Å². The summed E-state index contributed by atoms with van der Waals surface area (Å²) in [5.74, 6) is -0.910. The zero-order valence-corrected chi connectivity index (χ0v) is 13.1. The van der Waals surface area contributed by atoms with Gasteiger partial charge >= 0.3 is 5.97 Å². The Balaban J connectivity index is 1.52. The van der Waals surface area contributed by atoms with Gasteiger partial charge in [0.25, 0.3) is 0 Å². The Kier molecular flexibility index (Phi) is 4.98. The number of carboxylic acid groups (broad SMARTS) is 1. The van der Waals surface area contributed by atoms with Gasteiger partial charge in [0.15, 0.2) is 0 Å². The average Bonchev–Trinajstić information content (AvgIpc) is 3.04. The molecule has 3 rings (SSSR count). The van der Waals surface area contributed by atoms with E-state index in [1.54, 1.807) is 30.9 Å². The fourth-order valence-corrected chi connectivity index (χ4v) is 2.38. The van der Waals surface area contributed by atoms with Gasteiger partial charge in [-0.15, -0.1) is 0 Å². The predicted molar refractivity (Wildman–Crippen MR) is 89.5 cm³/mol. The number of carboxylic acids is 1. The Morgan fingerprint density at radius 2 is 1.79 bits per heavy atom. The first-order chi connectivity index (χ1) is 11.7. The van der Waals surface area contributed by atoms with Crippen molar-refractivity contribution in [1.29, 1.82) is 0 Å². The van der Waals surface area contributed by atoms with Gasteiger partial charge in [-0.25, -0.2) is 9.78 Å². The zero-order valence-electron chi connectivity index (χ0n) is 13.1. The van der Waals surface area contributed by atoms with E-state index in [1.807, 2.05) is 35.0 Å². The third-order valence-electron chi connectivity index (χ3n) is 3.64. The standard InChI is InChI=1S/C18H18N4O2/c23-18(24)16-3-1-15(2-4-16)11-22-12-17(21-13-22)10-20-9-14-5-7-19-8-6-14/h1-8,12-13,20H,9-11H2,(H,23,24). The molecule has 0 saturated carbocycles. The molecule has 122 valence electrons. The number of aromatic nitrogens is 3. The third-order valence-corrected chi connectivity index (χ3v) is 3.64. The van der Waals surface area contributed by atoms with Crippen LogP contribution in [0.25, 0.3) is 0 Å². The predicted octanol–water partition coefficient (Wildman–Crippen LogP) is 2.31. The van der Waals surface area contributed by atoms with Crippen LogP contribution in [0.3, 0.4) is 0 Å². The second-order valence-corrected chi connectivity index (χ2v) is 5.50. The lowest BCUT2D eigenvalue weighted by molar-refractivity contribution is 0.0697. The summed E-state index contributed by atoms with van der Waals surface area (Å²) in [4.78, 5) is 19.2. The van der Waals surface area contributed by atoms with Crippen LogP contribution in [0.4, 0.5) is 0 Å². The molecule has 0 amide bonds. The molecule has 0 spiro atoms. The Bertz CT molecular complexity index is 797. The SMILES string of the molecule is O=C(O)c1ccc(Cn2cnc(CNCc3ccncc3)c2)cc1. The Hall–Kier alpha value is -2.99. The van der Waals surface area contributed by atoms with Crippen molar-refractivity contribution in [3.8, 4) is 0 Å². The second kappa shape index (κ2) is 7.52. The van der Waals surface area contributed by atoms with E-state index in [1.165, 1.54) is 5.56 Å². The molecular formula is C18H18N4O2. The highest BCUT2D eigenvalue weighted by atomic mass is 16.4. The van der Waals surface area contributed by atoms with Gasteiger partial charge in [0.05, 0.1) is 17.6 Å². The maximum Gasteiger partial charge on any atom is 0.335 e. The summed E-state index contributed by atoms with van der Waals surface area (Å²) in [5, 5.41) is 12.3. The van der Waals surface area contributed by atoms with Crippen molar-refractivity contribution in [2.75, 3.05) is 0 Å². The van der Waals surface area contributed by atoms with Gasteiger partial charge in [-0.3, -0.25) is 4.98 Å². The average molecular weight is 322 g/mol. The third kappa shape index (κ3) is 4.27. The summed E-state index contributed by atoms with van der Waals surface area (Å²) >= 11 is 0. The van der Waals surface area contributed by atoms with Gasteiger partial charge in [0, 0.05) is 38.2 Å². The molecule has 0 fully saturated rings. The fourth-order valence-electron chi connectivity index (χ4n) is 2.38. The quantitative estimate of drug-likeness (QED) is 0.698. The number of hydrogen-bond acceptors (Lipinski definition) is 4. The van der Waals surface area contributed by atoms with E-state index in [0.29, 0.717) is 18.7 Å². The summed E-state index contributed by atoms with van der Waals surface area (Å²) in [5.41, 5.74) is 3.48. The fraction of sp³-hybridized carbons (Fsp3) is 0.167. The smallest absolute Gasteiger partial charge is 0.335 e. The van der Waals surface area contributed by atoms with E-state index in [2.05, 4.69) is 15.3 Å². The van der Waals surface area contributed by atoms with Gasteiger partial charge < -0.3 is 15.0 Å². The molecule has 2 N–H and O–H groups in total. The van der Waals surface area contributed by atoms with Crippen LogP contribution in [0, 0.1) is 0 Å². The van der Waals surface area contributed by atoms with Crippen LogP contribution < -0.4 is 5.32 Å². The maximum atomic E-state index is 10.9. The lowest BCUT2D eigenvalue weighted by atomic mass is 10.1. The Labute approximate surface area is 139 Å². The highest BCUT2D eigenvalue weighted by Crippen LogP contribution is 2.07. The van der Waals surface area contributed by atoms with Crippen molar-refractivity contribution in [2.24, 2.45) is 0 Å². The number of carbonyl (C=O) groups is 1. The van der Waals surface area contributed by atoms with Crippen molar-refractivity contribution in [3.63, 3.8) is 0 Å². The van der Waals surface area contributed by atoms with Gasteiger partial charge in [-0.05, 0) is 35.4 Å². The monoisotopic (exact) mass is 322 g/mol. The van der Waals surface area contributed by atoms with E-state index < -0.39 is 5.97 Å². The molecule has 0 saturated heterocycles. The topological polar surface area (TPSA) is 80.0 Å². The number of benzene rings is 1. The zero-order chi connectivity index (χ0) is 16.8. The van der Waals surface area contributed by atoms with E-state index in [9.17, 15) is 4.79 Å². The van der Waals surface area contributed by atoms with Crippen LogP contribution >= 0.6 is 0 Å². The molecule has 0 radical (unpaired) electrons. The normalized spacial score (nSPS) is 10.7. The largest absolute Gasteiger partial charge is 0.478 e. The molecule has 0 aliphatic heterocycles. The highest BCUT2D eigenvalue weighted by Gasteiger charge is 2.03. The molecule has 3 aromatic rings. The van der Waals surface area contributed by atoms with Gasteiger partial charge in [-0.2, -0.15) is 0 Å². The van der Waals surface area contributed by atoms with Gasteiger partial charge in [0.1, 0.15) is 0 Å². The lowest BCUT2D eigenvalue weighted by Crippen LogP contribution is -2.12. The molecule has 6 heteroatoms. The van der Waals surface area contributed by atoms with E-state index in [0.717, 1.165) is 17.8 Å². The number of imidazole rings is 1. The summed E-state index contributed by atoms with van der Waals surface area (Å²) in [7, 11) is 0. The first-order valence-corrected chi connectivity index (χ1v) is 7.63. The van der Waals surface area contributed by atoms with Crippen LogP contribution in [-0.2, 0) is 19.6 Å². The lowest BCUT2D eigenvalue weighted by Gasteiger charge is -2.04. The van der Waals surface area contributed by atoms with Crippen molar-refractivity contribution in [1.82, 2.24) is 19.9 Å². The van der Waals surface area contributed by atoms with Gasteiger partial charge in [0.2, 0.25) is 0 Å². The van der Waals surface area contributed by atoms with Crippen LogP contribution in [0.2, 0.25) is 0 Å². The summed E-state index contributed by atoms with van der Waals surface area (Å²) < 4.78 is 1.99. The summed E-state index contributed by atoms with van der Waals surface area (Å²) in [6, 6.07) is 10.8. The highest BCUT2D eigenvalue weighted by molar-refractivity contribution is 5.87. The van der Waals surface area contributed by atoms with Crippen LogP contribution in [0.5, 0.6) is 0 Å². The molecule has 0 atom stereocenters. The maximum absolute atomic E-state index is 10.9. The molecular weight excluding hydrogens is 304 g/mol. The molecule has 0 aliphatic rings. The van der Waals surface area contributed by atoms with Crippen molar-refractivity contribution in [2.45, 2.75) is 19.6 Å². The first-order valence-electron chi connectivity index (χ1n) is 7.63.